The first-order chi connectivity index (χ1) is 16.0. The molecular weight excluding hydrogens is 442 g/mol. The second-order valence-electron chi connectivity index (χ2n) is 7.37. The molecule has 1 saturated heterocycles. The van der Waals surface area contributed by atoms with Crippen molar-refractivity contribution in [2.75, 3.05) is 24.4 Å². The Morgan fingerprint density at radius 3 is 2.30 bits per heavy atom. The lowest BCUT2D eigenvalue weighted by atomic mass is 10.1. The molecule has 4 amide bonds. The number of hydrogen-bond donors (Lipinski definition) is 1. The molecule has 1 aromatic heterocycles. The molecule has 1 aliphatic heterocycles. The largest absolute Gasteiger partial charge is 0.497 e. The van der Waals surface area contributed by atoms with Crippen LogP contribution in [-0.4, -0.2) is 43.0 Å². The van der Waals surface area contributed by atoms with Crippen molar-refractivity contribution < 1.29 is 23.9 Å². The van der Waals surface area contributed by atoms with Gasteiger partial charge in [0.05, 0.1) is 32.9 Å². The van der Waals surface area contributed by atoms with Gasteiger partial charge in [-0.3, -0.25) is 9.59 Å². The van der Waals surface area contributed by atoms with Crippen LogP contribution in [0.25, 0.3) is 0 Å². The zero-order valence-electron chi connectivity index (χ0n) is 18.2. The fourth-order valence-electron chi connectivity index (χ4n) is 3.67. The second-order valence-corrected chi connectivity index (χ2v) is 8.40. The number of nitrogens with one attached hydrogen (secondary N) is 1. The van der Waals surface area contributed by atoms with E-state index in [-0.39, 0.29) is 13.0 Å². The van der Waals surface area contributed by atoms with Crippen molar-refractivity contribution >= 4 is 40.6 Å². The first kappa shape index (κ1) is 22.3. The Kier molecular flexibility index (Phi) is 6.60. The van der Waals surface area contributed by atoms with Gasteiger partial charge < -0.3 is 19.7 Å². The molecule has 0 saturated carbocycles. The maximum atomic E-state index is 13.3. The van der Waals surface area contributed by atoms with Crippen LogP contribution in [0.15, 0.2) is 66.0 Å². The Balaban J connectivity index is 1.57. The highest BCUT2D eigenvalue weighted by atomic mass is 32.1. The third-order valence-corrected chi connectivity index (χ3v) is 6.11. The summed E-state index contributed by atoms with van der Waals surface area (Å²) in [7, 11) is 3.04. The summed E-state index contributed by atoms with van der Waals surface area (Å²) >= 11 is 1.49. The molecule has 0 aliphatic carbocycles. The highest BCUT2D eigenvalue weighted by Crippen LogP contribution is 2.30. The van der Waals surface area contributed by atoms with E-state index < -0.39 is 23.9 Å². The summed E-state index contributed by atoms with van der Waals surface area (Å²) in [6, 6.07) is 16.1. The number of carbonyl (C=O) groups is 3. The number of anilines is 2. The van der Waals surface area contributed by atoms with E-state index in [1.807, 2.05) is 23.6 Å². The van der Waals surface area contributed by atoms with E-state index in [2.05, 4.69) is 5.32 Å². The van der Waals surface area contributed by atoms with Crippen LogP contribution >= 0.6 is 11.3 Å². The average molecular weight is 466 g/mol. The molecule has 1 fully saturated rings. The van der Waals surface area contributed by atoms with E-state index in [1.54, 1.807) is 42.5 Å². The van der Waals surface area contributed by atoms with Crippen LogP contribution in [-0.2, 0) is 16.1 Å². The van der Waals surface area contributed by atoms with E-state index in [9.17, 15) is 14.4 Å². The molecule has 0 radical (unpaired) electrons. The predicted octanol–water partition coefficient (Wildman–Crippen LogP) is 4.13. The third-order valence-electron chi connectivity index (χ3n) is 5.25. The number of hydrogen-bond acceptors (Lipinski definition) is 6. The van der Waals surface area contributed by atoms with Crippen molar-refractivity contribution in [1.29, 1.82) is 0 Å². The maximum absolute atomic E-state index is 13.3. The number of amides is 4. The summed E-state index contributed by atoms with van der Waals surface area (Å²) in [4.78, 5) is 42.9. The van der Waals surface area contributed by atoms with Crippen LogP contribution in [0.2, 0.25) is 0 Å². The van der Waals surface area contributed by atoms with Crippen LogP contribution in [0.5, 0.6) is 11.5 Å². The van der Waals surface area contributed by atoms with Gasteiger partial charge in [0, 0.05) is 28.8 Å². The van der Waals surface area contributed by atoms with Crippen LogP contribution in [0.3, 0.4) is 0 Å². The van der Waals surface area contributed by atoms with Crippen LogP contribution < -0.4 is 19.7 Å². The Labute approximate surface area is 195 Å². The Hall–Kier alpha value is -3.85. The molecule has 2 heterocycles. The average Bonchev–Trinajstić information content (AvgIpc) is 3.42. The fraction of sp³-hybridized carbons (Fsp3) is 0.208. The minimum absolute atomic E-state index is 0.182. The lowest BCUT2D eigenvalue weighted by Gasteiger charge is -2.21. The van der Waals surface area contributed by atoms with Crippen molar-refractivity contribution in [2.45, 2.75) is 19.0 Å². The van der Waals surface area contributed by atoms with Crippen molar-refractivity contribution in [3.8, 4) is 11.5 Å². The van der Waals surface area contributed by atoms with Crippen LogP contribution in [0.1, 0.15) is 11.3 Å². The number of ether oxygens (including phenoxy) is 2. The summed E-state index contributed by atoms with van der Waals surface area (Å²) in [5.41, 5.74) is 0.946. The molecule has 1 unspecified atom stereocenters. The molecule has 8 nitrogen and oxygen atoms in total. The molecule has 9 heteroatoms. The van der Waals surface area contributed by atoms with E-state index >= 15 is 0 Å². The summed E-state index contributed by atoms with van der Waals surface area (Å²) in [6.45, 7) is 0.247. The number of nitrogens with zero attached hydrogens (tertiary/aromatic N) is 2. The normalized spacial score (nSPS) is 15.6. The number of carbonyl (C=O) groups excluding carboxylic acids is 3. The van der Waals surface area contributed by atoms with Gasteiger partial charge in [-0.1, -0.05) is 24.3 Å². The summed E-state index contributed by atoms with van der Waals surface area (Å²) < 4.78 is 10.5. The summed E-state index contributed by atoms with van der Waals surface area (Å²) in [6.07, 6.45) is -0.182. The number of benzene rings is 2. The maximum Gasteiger partial charge on any atom is 0.332 e. The zero-order chi connectivity index (χ0) is 23.4. The lowest BCUT2D eigenvalue weighted by molar-refractivity contribution is -0.124. The Morgan fingerprint density at radius 2 is 1.70 bits per heavy atom. The van der Waals surface area contributed by atoms with Crippen LogP contribution in [0.4, 0.5) is 16.2 Å². The lowest BCUT2D eigenvalue weighted by Crippen LogP contribution is -2.37. The minimum atomic E-state index is -0.924. The number of methoxy groups -OCH3 is 2. The van der Waals surface area contributed by atoms with Crippen molar-refractivity contribution in [3.63, 3.8) is 0 Å². The first-order valence-corrected chi connectivity index (χ1v) is 11.1. The van der Waals surface area contributed by atoms with E-state index in [1.165, 1.54) is 30.5 Å². The highest BCUT2D eigenvalue weighted by molar-refractivity contribution is 7.09. The summed E-state index contributed by atoms with van der Waals surface area (Å²) in [5, 5.41) is 4.69. The van der Waals surface area contributed by atoms with Gasteiger partial charge in [0.25, 0.3) is 5.91 Å². The fourth-order valence-corrected chi connectivity index (χ4v) is 4.37. The number of thiophene rings is 1. The third kappa shape index (κ3) is 4.83. The first-order valence-electron chi connectivity index (χ1n) is 10.2. The smallest absolute Gasteiger partial charge is 0.332 e. The van der Waals surface area contributed by atoms with Gasteiger partial charge in [-0.05, 0) is 23.6 Å². The summed E-state index contributed by atoms with van der Waals surface area (Å²) in [5.74, 6) is 0.210. The standard InChI is InChI=1S/C24H23N3O5S/c1-31-18-11-16(12-19(13-18)32-2)25-22(28)14-21-23(29)27(17-7-4-3-5-8-17)24(30)26(21)15-20-9-6-10-33-20/h3-13,21H,14-15H2,1-2H3,(H,25,28). The highest BCUT2D eigenvalue weighted by Gasteiger charge is 2.46. The number of urea groups is 1. The van der Waals surface area contributed by atoms with Gasteiger partial charge in [-0.25, -0.2) is 9.69 Å². The monoisotopic (exact) mass is 465 g/mol. The number of rotatable bonds is 8. The Morgan fingerprint density at radius 1 is 1.00 bits per heavy atom. The number of imide groups is 1. The van der Waals surface area contributed by atoms with Gasteiger partial charge in [-0.15, -0.1) is 11.3 Å². The molecule has 33 heavy (non-hydrogen) atoms. The van der Waals surface area contributed by atoms with Gasteiger partial charge in [0.1, 0.15) is 17.5 Å². The van der Waals surface area contributed by atoms with Crippen LogP contribution in [0, 0.1) is 0 Å². The van der Waals surface area contributed by atoms with Gasteiger partial charge in [-0.2, -0.15) is 0 Å². The molecule has 1 aliphatic rings. The van der Waals surface area contributed by atoms with E-state index in [4.69, 9.17) is 9.47 Å². The molecule has 2 aromatic carbocycles. The van der Waals surface area contributed by atoms with Gasteiger partial charge in [0.15, 0.2) is 0 Å². The molecule has 3 aromatic rings. The molecule has 170 valence electrons. The van der Waals surface area contributed by atoms with Crippen molar-refractivity contribution in [2.24, 2.45) is 0 Å². The second kappa shape index (κ2) is 9.74. The zero-order valence-corrected chi connectivity index (χ0v) is 19.0. The Bertz CT molecular complexity index is 1130. The topological polar surface area (TPSA) is 88.2 Å². The van der Waals surface area contributed by atoms with E-state index in [0.29, 0.717) is 22.9 Å². The molecule has 0 spiro atoms. The predicted molar refractivity (Wildman–Crippen MR) is 126 cm³/mol. The van der Waals surface area contributed by atoms with Gasteiger partial charge >= 0.3 is 6.03 Å². The molecular formula is C24H23N3O5S. The quantitative estimate of drug-likeness (QED) is 0.506. The molecule has 1 N–H and O–H groups in total. The SMILES string of the molecule is COc1cc(NC(=O)CC2C(=O)N(c3ccccc3)C(=O)N2Cc2cccs2)cc(OC)c1. The number of para-hydroxylation sites is 1. The minimum Gasteiger partial charge on any atom is -0.497 e. The van der Waals surface area contributed by atoms with Crippen molar-refractivity contribution in [3.05, 3.63) is 70.9 Å². The van der Waals surface area contributed by atoms with Gasteiger partial charge in [0.2, 0.25) is 5.91 Å². The molecule has 1 atom stereocenters. The van der Waals surface area contributed by atoms with E-state index in [0.717, 1.165) is 9.78 Å². The molecule has 0 bridgehead atoms. The van der Waals surface area contributed by atoms with Crippen molar-refractivity contribution in [1.82, 2.24) is 4.90 Å². The molecule has 4 rings (SSSR count).